The van der Waals surface area contributed by atoms with Crippen LogP contribution < -0.4 is 15.2 Å². The minimum Gasteiger partial charge on any atom is -0.497 e. The Morgan fingerprint density at radius 1 is 0.902 bits per heavy atom. The van der Waals surface area contributed by atoms with Gasteiger partial charge >= 0.3 is 12.8 Å². The van der Waals surface area contributed by atoms with Crippen LogP contribution in [0.4, 0.5) is 5.82 Å². The number of nitrogens with zero attached hydrogens (tertiary/aromatic N) is 4. The summed E-state index contributed by atoms with van der Waals surface area (Å²) in [5, 5.41) is 0.117. The lowest BCUT2D eigenvalue weighted by molar-refractivity contribution is -0.0992. The molecule has 4 aromatic rings. The normalized spacial score (nSPS) is 27.1. The predicted molar refractivity (Wildman–Crippen MR) is 235 cm³/mol. The van der Waals surface area contributed by atoms with Gasteiger partial charge in [0.2, 0.25) is 0 Å². The number of ether oxygens (including phenoxy) is 6. The Morgan fingerprint density at radius 2 is 1.57 bits per heavy atom. The van der Waals surface area contributed by atoms with Crippen molar-refractivity contribution in [1.29, 1.82) is 0 Å². The first-order valence-electron chi connectivity index (χ1n) is 20.9. The lowest BCUT2D eigenvalue weighted by Crippen LogP contribution is -2.42. The highest BCUT2D eigenvalue weighted by Gasteiger charge is 2.64. The van der Waals surface area contributed by atoms with Crippen LogP contribution in [0, 0.1) is 6.92 Å². The van der Waals surface area contributed by atoms with Gasteiger partial charge in [0.15, 0.2) is 18.1 Å². The van der Waals surface area contributed by atoms with Gasteiger partial charge in [-0.3, -0.25) is 4.57 Å². The molecule has 1 N–H and O–H groups in total. The van der Waals surface area contributed by atoms with Crippen LogP contribution in [0.5, 0.6) is 11.5 Å². The van der Waals surface area contributed by atoms with E-state index in [4.69, 9.17) is 42.5 Å². The van der Waals surface area contributed by atoms with Gasteiger partial charge in [-0.25, -0.2) is 9.79 Å². The van der Waals surface area contributed by atoms with Crippen LogP contribution in [-0.4, -0.2) is 110 Å². The van der Waals surface area contributed by atoms with Crippen LogP contribution in [0.3, 0.4) is 0 Å². The van der Waals surface area contributed by atoms with Gasteiger partial charge in [-0.2, -0.15) is 18.9 Å². The van der Waals surface area contributed by atoms with Gasteiger partial charge in [-0.05, 0) is 67.1 Å². The number of aryl methyl sites for hydroxylation is 1. The van der Waals surface area contributed by atoms with E-state index >= 15 is 0 Å². The summed E-state index contributed by atoms with van der Waals surface area (Å²) in [6.45, 7) is 3.15. The summed E-state index contributed by atoms with van der Waals surface area (Å²) in [6.07, 6.45) is 3.51. The number of benzene rings is 3. The summed E-state index contributed by atoms with van der Waals surface area (Å²) >= 11 is 1.38. The molecule has 16 heteroatoms. The number of aliphatic imine (C=N–C) groups is 1. The van der Waals surface area contributed by atoms with Crippen molar-refractivity contribution >= 4 is 30.2 Å². The average Bonchev–Trinajstić information content (AvgIpc) is 3.96. The molecule has 7 atom stereocenters. The van der Waals surface area contributed by atoms with Gasteiger partial charge in [0.1, 0.15) is 52.6 Å². The number of rotatable bonds is 16. The van der Waals surface area contributed by atoms with Crippen LogP contribution in [0.2, 0.25) is 0 Å². The minimum absolute atomic E-state index is 0.0605. The lowest BCUT2D eigenvalue weighted by atomic mass is 9.80. The first-order valence-corrected chi connectivity index (χ1v) is 24.0. The van der Waals surface area contributed by atoms with Gasteiger partial charge < -0.3 is 33.3 Å². The zero-order chi connectivity index (χ0) is 42.6. The zero-order valence-corrected chi connectivity index (χ0v) is 37.1. The second-order valence-corrected chi connectivity index (χ2v) is 20.0. The van der Waals surface area contributed by atoms with Gasteiger partial charge in [-0.15, -0.1) is 0 Å². The van der Waals surface area contributed by atoms with E-state index in [-0.39, 0.29) is 31.2 Å². The highest BCUT2D eigenvalue weighted by molar-refractivity contribution is 8.58. The molecule has 3 aliphatic heterocycles. The van der Waals surface area contributed by atoms with E-state index in [1.165, 1.54) is 15.9 Å². The Kier molecular flexibility index (Phi) is 13.8. The van der Waals surface area contributed by atoms with Crippen LogP contribution in [0.15, 0.2) is 94.8 Å². The Hall–Kier alpha value is -3.89. The van der Waals surface area contributed by atoms with Crippen molar-refractivity contribution < 1.29 is 42.4 Å². The van der Waals surface area contributed by atoms with E-state index in [1.807, 2.05) is 92.8 Å². The number of methoxy groups -OCH3 is 3. The van der Waals surface area contributed by atoms with Crippen LogP contribution >= 0.6 is 18.5 Å². The zero-order valence-electron chi connectivity index (χ0n) is 35.4. The Labute approximate surface area is 361 Å². The second kappa shape index (κ2) is 19.2. The molecule has 1 aromatic heterocycles. The minimum atomic E-state index is -3.50. The summed E-state index contributed by atoms with van der Waals surface area (Å²) in [5.74, 6) is 2.64. The van der Waals surface area contributed by atoms with E-state index in [0.717, 1.165) is 67.6 Å². The maximum absolute atomic E-state index is 14.1. The van der Waals surface area contributed by atoms with Crippen LogP contribution in [0.25, 0.3) is 0 Å². The molecule has 0 amide bonds. The molecule has 1 saturated carbocycles. The third-order valence-electron chi connectivity index (χ3n) is 11.9. The van der Waals surface area contributed by atoms with Crippen molar-refractivity contribution in [1.82, 2.24) is 14.5 Å². The summed E-state index contributed by atoms with van der Waals surface area (Å²) in [7, 11) is 3.35. The summed E-state index contributed by atoms with van der Waals surface area (Å²) in [5.41, 5.74) is 1.46. The molecule has 8 rings (SSSR count). The monoisotopic (exact) mass is 875 g/mol. The Balaban J connectivity index is 1.22. The third kappa shape index (κ3) is 9.27. The fourth-order valence-electron chi connectivity index (χ4n) is 8.71. The number of hydrogen-bond acceptors (Lipinski definition) is 13. The fraction of sp³-hybridized carbons (Fsp3) is 0.489. The van der Waals surface area contributed by atoms with Crippen molar-refractivity contribution in [3.63, 3.8) is 0 Å². The summed E-state index contributed by atoms with van der Waals surface area (Å²) in [4.78, 5) is 37.7. The van der Waals surface area contributed by atoms with E-state index in [0.29, 0.717) is 22.9 Å². The molecule has 1 aliphatic carbocycles. The maximum Gasteiger partial charge on any atom is 0.479 e. The highest BCUT2D eigenvalue weighted by Crippen LogP contribution is 2.78. The molecule has 4 aliphatic rings. The SMILES string of the molecule is COCCO[C@@H]1[C@H](O[P+]2(O)O[C@@H]3CCCC[C@H]3S2)[C@@H](COC(c2ccccc2)(c2ccc(OC)cc2)c2ccc(OC)cc2)O[C@H]1n1cc(C)c(N=C2CCCN2C)nc1=O. The van der Waals surface area contributed by atoms with Crippen molar-refractivity contribution in [2.24, 2.45) is 4.99 Å². The molecule has 0 bridgehead atoms. The number of aromatic nitrogens is 2. The molecular formula is C45H56N4O10PS+. The first-order chi connectivity index (χ1) is 29.6. The quantitative estimate of drug-likeness (QED) is 0.0680. The van der Waals surface area contributed by atoms with Gasteiger partial charge in [0, 0.05) is 38.9 Å². The number of fused-ring (bicyclic) bond motifs is 1. The van der Waals surface area contributed by atoms with Crippen molar-refractivity contribution in [3.8, 4) is 11.5 Å². The number of amidine groups is 1. The van der Waals surface area contributed by atoms with Crippen molar-refractivity contribution in [2.45, 2.75) is 86.9 Å². The van der Waals surface area contributed by atoms with Gasteiger partial charge in [0.25, 0.3) is 0 Å². The second-order valence-electron chi connectivity index (χ2n) is 15.8. The fourth-order valence-corrected chi connectivity index (χ4v) is 13.7. The topological polar surface area (TPSA) is 145 Å². The van der Waals surface area contributed by atoms with Crippen LogP contribution in [0.1, 0.15) is 67.0 Å². The molecule has 0 spiro atoms. The van der Waals surface area contributed by atoms with Crippen molar-refractivity contribution in [3.05, 3.63) is 118 Å². The largest absolute Gasteiger partial charge is 0.497 e. The molecule has 326 valence electrons. The lowest BCUT2D eigenvalue weighted by Gasteiger charge is -2.37. The molecule has 4 fully saturated rings. The van der Waals surface area contributed by atoms with E-state index in [1.54, 1.807) is 27.5 Å². The molecule has 3 saturated heterocycles. The van der Waals surface area contributed by atoms with E-state index in [9.17, 15) is 9.69 Å². The first kappa shape index (κ1) is 43.7. The highest BCUT2D eigenvalue weighted by atomic mass is 32.7. The Morgan fingerprint density at radius 3 is 2.20 bits per heavy atom. The summed E-state index contributed by atoms with van der Waals surface area (Å²) < 4.78 is 52.1. The molecule has 14 nitrogen and oxygen atoms in total. The third-order valence-corrected chi connectivity index (χ3v) is 16.2. The molecule has 4 heterocycles. The average molecular weight is 876 g/mol. The maximum atomic E-state index is 14.1. The number of hydrogen-bond donors (Lipinski definition) is 1. The van der Waals surface area contributed by atoms with E-state index in [2.05, 4.69) is 9.88 Å². The molecule has 0 radical (unpaired) electrons. The van der Waals surface area contributed by atoms with Gasteiger partial charge in [-0.1, -0.05) is 67.4 Å². The predicted octanol–water partition coefficient (Wildman–Crippen LogP) is 7.39. The standard InChI is InChI=1S/C45H56N4O10PS/c1-30-28-49(44(50)47-42(30)46-39-16-11-25-48(39)2)43-41(55-27-26-52-3)40(59-60(51)58-36-14-9-10-15-38(36)61-60)37(57-43)29-56-45(31-12-7-6-8-13-31,32-17-21-34(53-4)22-18-32)33-19-23-35(54-5)24-20-33/h6-8,12-13,17-24,28,36-38,40-41,43,51H,9-11,14-16,25-27,29H2,1-5H3/q+1/t36-,37-,38-,40-,41-,43-,60?/m1/s1. The molecule has 1 unspecified atom stereocenters. The summed E-state index contributed by atoms with van der Waals surface area (Å²) in [6, 6.07) is 25.5. The molecular weight excluding hydrogens is 820 g/mol. The van der Waals surface area contributed by atoms with E-state index < -0.39 is 43.0 Å². The van der Waals surface area contributed by atoms with Gasteiger partial charge in [0.05, 0.1) is 39.3 Å². The van der Waals surface area contributed by atoms with Crippen LogP contribution in [-0.2, 0) is 33.6 Å². The van der Waals surface area contributed by atoms with Crippen molar-refractivity contribution in [2.75, 3.05) is 54.7 Å². The number of likely N-dealkylation sites (tertiary alicyclic amines) is 1. The smallest absolute Gasteiger partial charge is 0.479 e. The Bertz CT molecular complexity index is 2120. The molecule has 61 heavy (non-hydrogen) atoms. The molecule has 3 aromatic carbocycles.